The first-order valence-corrected chi connectivity index (χ1v) is 8.79. The van der Waals surface area contributed by atoms with Crippen LogP contribution in [0.1, 0.15) is 54.2 Å². The Morgan fingerprint density at radius 2 is 2.15 bits per heavy atom. The second kappa shape index (κ2) is 9.82. The van der Waals surface area contributed by atoms with Crippen molar-refractivity contribution < 1.29 is 18.7 Å². The van der Waals surface area contributed by atoms with E-state index in [-0.39, 0.29) is 17.6 Å². The molecule has 1 aromatic carbocycles. The van der Waals surface area contributed by atoms with Gasteiger partial charge in [-0.15, -0.1) is 0 Å². The van der Waals surface area contributed by atoms with Crippen LogP contribution in [0.3, 0.4) is 0 Å². The molecule has 7 nitrogen and oxygen atoms in total. The van der Waals surface area contributed by atoms with Gasteiger partial charge in [0.05, 0.1) is 20.3 Å². The van der Waals surface area contributed by atoms with E-state index in [0.717, 1.165) is 36.3 Å². The van der Waals surface area contributed by atoms with Crippen LogP contribution in [-0.2, 0) is 6.42 Å². The Labute approximate surface area is 153 Å². The van der Waals surface area contributed by atoms with E-state index in [9.17, 15) is 4.79 Å². The van der Waals surface area contributed by atoms with Gasteiger partial charge in [-0.25, -0.2) is 4.98 Å². The number of carbonyl (C=O) groups excluding carboxylic acids is 1. The number of ether oxygens (including phenoxy) is 2. The third-order valence-corrected chi connectivity index (χ3v) is 4.11. The van der Waals surface area contributed by atoms with Crippen molar-refractivity contribution in [3.8, 4) is 11.5 Å². The fraction of sp³-hybridized carbons (Fsp3) is 0.474. The molecule has 0 saturated heterocycles. The third-order valence-electron chi connectivity index (χ3n) is 4.11. The summed E-state index contributed by atoms with van der Waals surface area (Å²) in [6, 6.07) is 5.29. The highest BCUT2D eigenvalue weighted by molar-refractivity contribution is 5.91. The van der Waals surface area contributed by atoms with Gasteiger partial charge in [0, 0.05) is 6.54 Å². The number of nitrogens with zero attached hydrogens (tertiary/aromatic N) is 1. The standard InChI is InChI=1S/C19H27N3O4/c1-4-5-6-15(20)19-22-16(12-26-19)18(23)21-10-9-13-11-14(24-2)7-8-17(13)25-3/h7-8,11-12,15H,4-6,9-10,20H2,1-3H3,(H,21,23). The van der Waals surface area contributed by atoms with Gasteiger partial charge in [0.25, 0.3) is 5.91 Å². The Morgan fingerprint density at radius 3 is 2.85 bits per heavy atom. The van der Waals surface area contributed by atoms with Gasteiger partial charge in [0.15, 0.2) is 5.69 Å². The molecule has 1 unspecified atom stereocenters. The summed E-state index contributed by atoms with van der Waals surface area (Å²) >= 11 is 0. The van der Waals surface area contributed by atoms with E-state index in [1.165, 1.54) is 6.26 Å². The van der Waals surface area contributed by atoms with Crippen LogP contribution in [0, 0.1) is 0 Å². The fourth-order valence-corrected chi connectivity index (χ4v) is 2.59. The summed E-state index contributed by atoms with van der Waals surface area (Å²) in [5, 5.41) is 2.83. The largest absolute Gasteiger partial charge is 0.497 e. The zero-order valence-electron chi connectivity index (χ0n) is 15.6. The highest BCUT2D eigenvalue weighted by Crippen LogP contribution is 2.24. The Hall–Kier alpha value is -2.54. The van der Waals surface area contributed by atoms with E-state index in [4.69, 9.17) is 19.6 Å². The monoisotopic (exact) mass is 361 g/mol. The zero-order valence-corrected chi connectivity index (χ0v) is 15.6. The second-order valence-electron chi connectivity index (χ2n) is 6.00. The van der Waals surface area contributed by atoms with Crippen LogP contribution in [0.25, 0.3) is 0 Å². The number of aromatic nitrogens is 1. The number of oxazole rings is 1. The van der Waals surface area contributed by atoms with E-state index in [1.807, 2.05) is 18.2 Å². The summed E-state index contributed by atoms with van der Waals surface area (Å²) in [5.41, 5.74) is 7.21. The molecule has 0 aliphatic carbocycles. The number of nitrogens with one attached hydrogen (secondary N) is 1. The molecule has 0 fully saturated rings. The van der Waals surface area contributed by atoms with Crippen molar-refractivity contribution >= 4 is 5.91 Å². The first-order valence-electron chi connectivity index (χ1n) is 8.79. The van der Waals surface area contributed by atoms with Crippen molar-refractivity contribution in [2.45, 2.75) is 38.6 Å². The molecule has 1 heterocycles. The van der Waals surface area contributed by atoms with Crippen LogP contribution >= 0.6 is 0 Å². The molecule has 3 N–H and O–H groups in total. The fourth-order valence-electron chi connectivity index (χ4n) is 2.59. The molecule has 2 aromatic rings. The number of hydrogen-bond donors (Lipinski definition) is 2. The lowest BCUT2D eigenvalue weighted by atomic mass is 10.1. The molecule has 26 heavy (non-hydrogen) atoms. The maximum atomic E-state index is 12.2. The highest BCUT2D eigenvalue weighted by Gasteiger charge is 2.16. The zero-order chi connectivity index (χ0) is 18.9. The minimum Gasteiger partial charge on any atom is -0.497 e. The molecule has 0 spiro atoms. The van der Waals surface area contributed by atoms with Gasteiger partial charge in [-0.05, 0) is 36.6 Å². The number of hydrogen-bond acceptors (Lipinski definition) is 6. The number of unbranched alkanes of at least 4 members (excludes halogenated alkanes) is 1. The van der Waals surface area contributed by atoms with Gasteiger partial charge in [-0.3, -0.25) is 4.79 Å². The van der Waals surface area contributed by atoms with Crippen LogP contribution in [0.5, 0.6) is 11.5 Å². The Balaban J connectivity index is 1.90. The predicted octanol–water partition coefficient (Wildman–Crippen LogP) is 2.85. The summed E-state index contributed by atoms with van der Waals surface area (Å²) in [6.45, 7) is 2.53. The van der Waals surface area contributed by atoms with Gasteiger partial charge >= 0.3 is 0 Å². The quantitative estimate of drug-likeness (QED) is 0.675. The van der Waals surface area contributed by atoms with Crippen molar-refractivity contribution in [2.24, 2.45) is 5.73 Å². The van der Waals surface area contributed by atoms with E-state index in [0.29, 0.717) is 18.9 Å². The third kappa shape index (κ3) is 5.23. The van der Waals surface area contributed by atoms with Crippen molar-refractivity contribution in [3.05, 3.63) is 41.6 Å². The smallest absolute Gasteiger partial charge is 0.273 e. The molecular formula is C19H27N3O4. The molecule has 0 aliphatic rings. The molecule has 7 heteroatoms. The average molecular weight is 361 g/mol. The summed E-state index contributed by atoms with van der Waals surface area (Å²) in [7, 11) is 3.23. The van der Waals surface area contributed by atoms with E-state index in [2.05, 4.69) is 17.2 Å². The topological polar surface area (TPSA) is 99.6 Å². The lowest BCUT2D eigenvalue weighted by Crippen LogP contribution is -2.26. The van der Waals surface area contributed by atoms with Crippen LogP contribution < -0.4 is 20.5 Å². The minimum atomic E-state index is -0.287. The van der Waals surface area contributed by atoms with Crippen LogP contribution in [0.15, 0.2) is 28.9 Å². The van der Waals surface area contributed by atoms with E-state index in [1.54, 1.807) is 14.2 Å². The Bertz CT molecular complexity index is 715. The SMILES string of the molecule is CCCCC(N)c1nc(C(=O)NCCc2cc(OC)ccc2OC)co1. The molecule has 0 aliphatic heterocycles. The molecule has 0 bridgehead atoms. The summed E-state index contributed by atoms with van der Waals surface area (Å²) in [4.78, 5) is 16.4. The van der Waals surface area contributed by atoms with Gasteiger partial charge in [0.1, 0.15) is 17.8 Å². The number of benzene rings is 1. The maximum absolute atomic E-state index is 12.2. The summed E-state index contributed by atoms with van der Waals surface area (Å²) < 4.78 is 15.9. The molecule has 2 rings (SSSR count). The lowest BCUT2D eigenvalue weighted by Gasteiger charge is -2.10. The van der Waals surface area contributed by atoms with Gasteiger partial charge in [0.2, 0.25) is 5.89 Å². The molecule has 0 radical (unpaired) electrons. The number of rotatable bonds is 10. The number of carbonyl (C=O) groups is 1. The van der Waals surface area contributed by atoms with Gasteiger partial charge < -0.3 is 24.9 Å². The van der Waals surface area contributed by atoms with Gasteiger partial charge in [-0.1, -0.05) is 19.8 Å². The van der Waals surface area contributed by atoms with Crippen LogP contribution in [-0.4, -0.2) is 31.7 Å². The second-order valence-corrected chi connectivity index (χ2v) is 6.00. The first kappa shape index (κ1) is 19.8. The number of nitrogens with two attached hydrogens (primary N) is 1. The minimum absolute atomic E-state index is 0.240. The van der Waals surface area contributed by atoms with Gasteiger partial charge in [-0.2, -0.15) is 0 Å². The lowest BCUT2D eigenvalue weighted by molar-refractivity contribution is 0.0949. The molecule has 142 valence electrons. The highest BCUT2D eigenvalue weighted by atomic mass is 16.5. The van der Waals surface area contributed by atoms with E-state index < -0.39 is 0 Å². The normalized spacial score (nSPS) is 11.8. The van der Waals surface area contributed by atoms with Crippen molar-refractivity contribution in [3.63, 3.8) is 0 Å². The van der Waals surface area contributed by atoms with Crippen LogP contribution in [0.2, 0.25) is 0 Å². The van der Waals surface area contributed by atoms with Crippen molar-refractivity contribution in [2.75, 3.05) is 20.8 Å². The Kier molecular flexibility index (Phi) is 7.47. The van der Waals surface area contributed by atoms with Crippen molar-refractivity contribution in [1.82, 2.24) is 10.3 Å². The molecular weight excluding hydrogens is 334 g/mol. The number of amides is 1. The molecule has 0 saturated carbocycles. The van der Waals surface area contributed by atoms with Crippen LogP contribution in [0.4, 0.5) is 0 Å². The average Bonchev–Trinajstić information content (AvgIpc) is 3.16. The Morgan fingerprint density at radius 1 is 1.35 bits per heavy atom. The maximum Gasteiger partial charge on any atom is 0.273 e. The molecule has 1 aromatic heterocycles. The van der Waals surface area contributed by atoms with Crippen molar-refractivity contribution in [1.29, 1.82) is 0 Å². The van der Waals surface area contributed by atoms with E-state index >= 15 is 0 Å². The molecule has 1 amide bonds. The molecule has 1 atom stereocenters. The predicted molar refractivity (Wildman–Crippen MR) is 98.5 cm³/mol. The first-order chi connectivity index (χ1) is 12.6. The summed E-state index contributed by atoms with van der Waals surface area (Å²) in [5.74, 6) is 1.61. The summed E-state index contributed by atoms with van der Waals surface area (Å²) in [6.07, 6.45) is 4.78. The number of methoxy groups -OCH3 is 2.